The van der Waals surface area contributed by atoms with Crippen molar-refractivity contribution in [1.29, 1.82) is 10.8 Å². The largest absolute Gasteiger partial charge is 0.488 e. The second kappa shape index (κ2) is 23.5. The monoisotopic (exact) mass is 905 g/mol. The van der Waals surface area contributed by atoms with Gasteiger partial charge in [0.2, 0.25) is 17.8 Å². The van der Waals surface area contributed by atoms with Crippen LogP contribution in [0.3, 0.4) is 0 Å². The molecule has 0 radical (unpaired) electrons. The summed E-state index contributed by atoms with van der Waals surface area (Å²) in [5, 5.41) is 21.5. The van der Waals surface area contributed by atoms with E-state index in [0.717, 1.165) is 83.0 Å². The van der Waals surface area contributed by atoms with Gasteiger partial charge in [-0.05, 0) is 88.5 Å². The molecule has 2 aromatic rings. The fourth-order valence-corrected chi connectivity index (χ4v) is 10.9. The zero-order valence-electron chi connectivity index (χ0n) is 38.2. The van der Waals surface area contributed by atoms with E-state index in [-0.39, 0.29) is 60.9 Å². The molecule has 3 saturated heterocycles. The zero-order valence-corrected chi connectivity index (χ0v) is 38.2. The number of alkyl halides is 2. The Bertz CT molecular complexity index is 1850. The van der Waals surface area contributed by atoms with Gasteiger partial charge in [0, 0.05) is 62.4 Å². The maximum atomic E-state index is 13.9. The fourth-order valence-electron chi connectivity index (χ4n) is 10.9. The summed E-state index contributed by atoms with van der Waals surface area (Å²) in [5.41, 5.74) is 1.25. The minimum atomic E-state index is -2.67. The van der Waals surface area contributed by atoms with Crippen molar-refractivity contribution in [2.24, 2.45) is 17.3 Å². The molecule has 2 bridgehead atoms. The molecule has 16 heteroatoms. The van der Waals surface area contributed by atoms with Gasteiger partial charge in [0.05, 0.1) is 70.5 Å². The third-order valence-corrected chi connectivity index (χ3v) is 14.4. The highest BCUT2D eigenvalue weighted by molar-refractivity contribution is 5.99. The second-order valence-corrected chi connectivity index (χ2v) is 18.7. The van der Waals surface area contributed by atoms with E-state index in [1.807, 2.05) is 37.3 Å². The first-order valence-corrected chi connectivity index (χ1v) is 23.9. The number of aromatic nitrogens is 2. The summed E-state index contributed by atoms with van der Waals surface area (Å²) in [6.45, 7) is 8.36. The van der Waals surface area contributed by atoms with Gasteiger partial charge in [-0.25, -0.2) is 18.7 Å². The molecule has 2 unspecified atom stereocenters. The number of terminal acetylenes is 1. The summed E-state index contributed by atoms with van der Waals surface area (Å²) in [7, 11) is 0. The molecular weight excluding hydrogens is 835 g/mol. The van der Waals surface area contributed by atoms with E-state index in [9.17, 15) is 19.0 Å². The molecule has 5 aliphatic rings. The highest BCUT2D eigenvalue weighted by atomic mass is 19.3. The lowest BCUT2D eigenvalue weighted by atomic mass is 9.57. The smallest absolute Gasteiger partial charge is 0.248 e. The predicted molar refractivity (Wildman–Crippen MR) is 245 cm³/mol. The maximum absolute atomic E-state index is 13.9. The van der Waals surface area contributed by atoms with Gasteiger partial charge in [0.15, 0.2) is 5.75 Å². The number of ether oxygens (including phenoxy) is 5. The van der Waals surface area contributed by atoms with E-state index in [0.29, 0.717) is 94.9 Å². The number of amidine groups is 2. The Morgan fingerprint density at radius 3 is 2.03 bits per heavy atom. The summed E-state index contributed by atoms with van der Waals surface area (Å²) >= 11 is 0. The number of anilines is 1. The Hall–Kier alpha value is -4.27. The van der Waals surface area contributed by atoms with Crippen molar-refractivity contribution in [3.8, 4) is 18.1 Å². The van der Waals surface area contributed by atoms with Crippen LogP contribution in [0, 0.1) is 40.4 Å². The van der Waals surface area contributed by atoms with Crippen LogP contribution in [-0.2, 0) is 23.7 Å². The first kappa shape index (κ1) is 48.7. The molecule has 356 valence electrons. The Morgan fingerprint density at radius 2 is 1.45 bits per heavy atom. The maximum Gasteiger partial charge on any atom is 0.248 e. The molecule has 3 atom stereocenters. The second-order valence-electron chi connectivity index (χ2n) is 18.7. The molecule has 7 rings (SSSR count). The zero-order chi connectivity index (χ0) is 45.7. The van der Waals surface area contributed by atoms with Crippen LogP contribution in [0.1, 0.15) is 102 Å². The van der Waals surface area contributed by atoms with Gasteiger partial charge in [0.1, 0.15) is 19.0 Å². The molecule has 2 aliphatic carbocycles. The highest BCUT2D eigenvalue weighted by Crippen LogP contribution is 2.54. The van der Waals surface area contributed by atoms with Crippen LogP contribution in [0.5, 0.6) is 5.75 Å². The van der Waals surface area contributed by atoms with Crippen LogP contribution in [0.4, 0.5) is 14.7 Å². The van der Waals surface area contributed by atoms with Crippen molar-refractivity contribution in [2.75, 3.05) is 84.0 Å². The third-order valence-electron chi connectivity index (χ3n) is 14.4. The first-order valence-electron chi connectivity index (χ1n) is 23.9. The average Bonchev–Trinajstić information content (AvgIpc) is 3.53. The van der Waals surface area contributed by atoms with Crippen molar-refractivity contribution >= 4 is 23.5 Å². The number of nitrogens with one attached hydrogen (secondary N) is 3. The molecule has 1 aromatic heterocycles. The molecule has 5 fully saturated rings. The van der Waals surface area contributed by atoms with Crippen molar-refractivity contribution in [1.82, 2.24) is 25.1 Å². The summed E-state index contributed by atoms with van der Waals surface area (Å²) < 4.78 is 55.1. The standard InChI is InChI=1S/C49H70F2N8O6/c1-3-21-61-22-23-62-24-25-63-26-27-64-28-29-65-43-34-54-47(55-35-43)57-19-16-48(17-20-57)32-39(33-48)45(53)59(36(2)52)42-30-40-9-10-41(31-42)58(40)18-13-44(37-7-5-4-6-8-37)56-46(60)38-11-14-49(50,51)15-12-38/h1,4-8,34-35,38-42,44,52-53H,9-33H2,2H3,(H,56,60)/t40?,41?,42?,44-/m0/s1. The van der Waals surface area contributed by atoms with Gasteiger partial charge in [-0.3, -0.25) is 20.5 Å². The summed E-state index contributed by atoms with van der Waals surface area (Å²) in [4.78, 5) is 29.4. The van der Waals surface area contributed by atoms with Gasteiger partial charge in [-0.1, -0.05) is 36.3 Å². The Labute approximate surface area is 383 Å². The number of rotatable bonds is 23. The molecule has 65 heavy (non-hydrogen) atoms. The average molecular weight is 905 g/mol. The minimum Gasteiger partial charge on any atom is -0.488 e. The molecule has 4 heterocycles. The van der Waals surface area contributed by atoms with Crippen LogP contribution >= 0.6 is 0 Å². The van der Waals surface area contributed by atoms with Gasteiger partial charge in [0.25, 0.3) is 0 Å². The summed E-state index contributed by atoms with van der Waals surface area (Å²) in [5.74, 6) is 1.78. The van der Waals surface area contributed by atoms with Crippen LogP contribution in [-0.4, -0.2) is 140 Å². The molecule has 3 N–H and O–H groups in total. The molecule has 1 amide bonds. The fraction of sp³-hybridized carbons (Fsp3) is 0.694. The van der Waals surface area contributed by atoms with E-state index in [1.165, 1.54) is 0 Å². The normalized spacial score (nSPS) is 23.4. The van der Waals surface area contributed by atoms with Crippen LogP contribution in [0.2, 0.25) is 0 Å². The van der Waals surface area contributed by atoms with Gasteiger partial charge >= 0.3 is 0 Å². The van der Waals surface area contributed by atoms with Gasteiger partial charge in [-0.15, -0.1) is 6.42 Å². The number of carbonyl (C=O) groups is 1. The van der Waals surface area contributed by atoms with Gasteiger partial charge < -0.3 is 38.8 Å². The molecule has 1 aromatic carbocycles. The number of fused-ring (bicyclic) bond motifs is 2. The van der Waals surface area contributed by atoms with Gasteiger partial charge in [-0.2, -0.15) is 0 Å². The quantitative estimate of drug-likeness (QED) is 0.0462. The summed E-state index contributed by atoms with van der Waals surface area (Å²) in [6, 6.07) is 10.7. The van der Waals surface area contributed by atoms with E-state index in [4.69, 9.17) is 35.5 Å². The Balaban J connectivity index is 0.801. The van der Waals surface area contributed by atoms with Crippen molar-refractivity contribution < 1.29 is 37.3 Å². The van der Waals surface area contributed by atoms with E-state index < -0.39 is 5.92 Å². The van der Waals surface area contributed by atoms with Crippen LogP contribution in [0.25, 0.3) is 0 Å². The minimum absolute atomic E-state index is 0.114. The van der Waals surface area contributed by atoms with Crippen molar-refractivity contribution in [3.63, 3.8) is 0 Å². The van der Waals surface area contributed by atoms with E-state index in [1.54, 1.807) is 12.4 Å². The molecule has 1 spiro atoms. The van der Waals surface area contributed by atoms with Crippen LogP contribution < -0.4 is 15.0 Å². The van der Waals surface area contributed by atoms with Crippen molar-refractivity contribution in [3.05, 3.63) is 48.3 Å². The predicted octanol–water partition coefficient (Wildman–Crippen LogP) is 6.90. The lowest BCUT2D eigenvalue weighted by Gasteiger charge is -2.54. The molecule has 3 aliphatic heterocycles. The number of hydrogen-bond donors (Lipinski definition) is 3. The number of hydrogen-bond acceptors (Lipinski definition) is 12. The molecular formula is C49H70F2N8O6. The molecule has 2 saturated carbocycles. The number of benzene rings is 1. The number of carbonyl (C=O) groups excluding carboxylic acids is 1. The first-order chi connectivity index (χ1) is 31.5. The van der Waals surface area contributed by atoms with Crippen LogP contribution in [0.15, 0.2) is 42.7 Å². The number of amides is 1. The molecule has 14 nitrogen and oxygen atoms in total. The van der Waals surface area contributed by atoms with E-state index >= 15 is 0 Å². The number of halogens is 2. The number of piperidine rings is 2. The third kappa shape index (κ3) is 13.4. The topological polar surface area (TPSA) is 158 Å². The van der Waals surface area contributed by atoms with Crippen molar-refractivity contribution in [2.45, 2.75) is 120 Å². The Morgan fingerprint density at radius 1 is 0.862 bits per heavy atom. The number of nitrogens with zero attached hydrogens (tertiary/aromatic N) is 5. The van der Waals surface area contributed by atoms with E-state index in [2.05, 4.69) is 35.9 Å². The Kier molecular flexibility index (Phi) is 17.6. The lowest BCUT2D eigenvalue weighted by molar-refractivity contribution is -0.130. The highest BCUT2D eigenvalue weighted by Gasteiger charge is 2.50. The summed E-state index contributed by atoms with van der Waals surface area (Å²) in [6.07, 6.45) is 17.3. The SMILES string of the molecule is C#CCOCCOCCOCCOCCOc1cnc(N2CCC3(CC2)CC(C(=N)N(C(C)=N)C2CC4CCC(C2)N4CC[C@H](NC(=O)C2CCC(F)(F)CC2)c2ccccc2)C3)nc1. The lowest BCUT2D eigenvalue weighted by Crippen LogP contribution is -2.57.